The zero-order valence-corrected chi connectivity index (χ0v) is 12.6. The molecular weight excluding hydrogens is 252 g/mol. The molecule has 0 N–H and O–H groups in total. The number of rotatable bonds is 1. The molecule has 0 spiro atoms. The van der Waals surface area contributed by atoms with Crippen molar-refractivity contribution in [3.8, 4) is 11.1 Å². The number of fused-ring (bicyclic) bond motifs is 3. The van der Waals surface area contributed by atoms with Gasteiger partial charge in [-0.3, -0.25) is 0 Å². The van der Waals surface area contributed by atoms with Crippen LogP contribution in [0.2, 0.25) is 0 Å². The summed E-state index contributed by atoms with van der Waals surface area (Å²) >= 11 is 0. The first-order chi connectivity index (χ1) is 10.2. The Morgan fingerprint density at radius 1 is 0.952 bits per heavy atom. The molecule has 4 rings (SSSR count). The summed E-state index contributed by atoms with van der Waals surface area (Å²) in [6.07, 6.45) is 8.07. The molecule has 2 aliphatic carbocycles. The maximum atomic E-state index is 2.43. The van der Waals surface area contributed by atoms with Crippen LogP contribution in [0.4, 0.5) is 0 Å². The third-order valence-corrected chi connectivity index (χ3v) is 4.97. The smallest absolute Gasteiger partial charge is 0.00734 e. The van der Waals surface area contributed by atoms with Gasteiger partial charge in [0.15, 0.2) is 0 Å². The molecule has 0 nitrogen and oxygen atoms in total. The predicted molar refractivity (Wildman–Crippen MR) is 89.7 cm³/mol. The maximum absolute atomic E-state index is 2.43. The van der Waals surface area contributed by atoms with Gasteiger partial charge >= 0.3 is 0 Å². The van der Waals surface area contributed by atoms with Crippen molar-refractivity contribution in [1.82, 2.24) is 0 Å². The van der Waals surface area contributed by atoms with Crippen molar-refractivity contribution in [2.45, 2.75) is 32.1 Å². The Morgan fingerprint density at radius 2 is 1.76 bits per heavy atom. The SMILES string of the molecule is CC1=CCC(c2ccc3c(c2)[C@@H](C)c2ccccc2-3)C=C1. The molecule has 0 amide bonds. The molecule has 104 valence electrons. The summed E-state index contributed by atoms with van der Waals surface area (Å²) in [7, 11) is 0. The van der Waals surface area contributed by atoms with Gasteiger partial charge in [0.1, 0.15) is 0 Å². The van der Waals surface area contributed by atoms with E-state index in [0.717, 1.165) is 6.42 Å². The second-order valence-electron chi connectivity index (χ2n) is 6.31. The van der Waals surface area contributed by atoms with Crippen molar-refractivity contribution < 1.29 is 0 Å². The van der Waals surface area contributed by atoms with E-state index in [1.54, 1.807) is 0 Å². The molecule has 0 saturated carbocycles. The zero-order chi connectivity index (χ0) is 14.4. The van der Waals surface area contributed by atoms with Crippen LogP contribution in [0.1, 0.15) is 48.8 Å². The lowest BCUT2D eigenvalue weighted by Crippen LogP contribution is -1.99. The van der Waals surface area contributed by atoms with Gasteiger partial charge in [-0.05, 0) is 41.2 Å². The number of allylic oxidation sites excluding steroid dienone is 4. The van der Waals surface area contributed by atoms with Crippen LogP contribution in [-0.4, -0.2) is 0 Å². The number of benzene rings is 2. The third-order valence-electron chi connectivity index (χ3n) is 4.97. The van der Waals surface area contributed by atoms with E-state index in [-0.39, 0.29) is 0 Å². The van der Waals surface area contributed by atoms with Crippen molar-refractivity contribution in [1.29, 1.82) is 0 Å². The second-order valence-corrected chi connectivity index (χ2v) is 6.31. The molecule has 0 saturated heterocycles. The van der Waals surface area contributed by atoms with E-state index in [4.69, 9.17) is 0 Å². The Hall–Kier alpha value is -2.08. The van der Waals surface area contributed by atoms with E-state index in [2.05, 4.69) is 74.5 Å². The molecule has 0 radical (unpaired) electrons. The Labute approximate surface area is 126 Å². The first-order valence-electron chi connectivity index (χ1n) is 7.82. The van der Waals surface area contributed by atoms with E-state index in [1.807, 2.05) is 0 Å². The topological polar surface area (TPSA) is 0 Å². The van der Waals surface area contributed by atoms with Crippen molar-refractivity contribution in [3.63, 3.8) is 0 Å². The van der Waals surface area contributed by atoms with Crippen molar-refractivity contribution in [3.05, 3.63) is 83.0 Å². The second kappa shape index (κ2) is 4.73. The van der Waals surface area contributed by atoms with Crippen molar-refractivity contribution in [2.75, 3.05) is 0 Å². The molecule has 0 aliphatic heterocycles. The minimum Gasteiger partial charge on any atom is -0.0807 e. The molecule has 0 bridgehead atoms. The van der Waals surface area contributed by atoms with Crippen LogP contribution < -0.4 is 0 Å². The Kier molecular flexibility index (Phi) is 2.85. The highest BCUT2D eigenvalue weighted by atomic mass is 14.3. The van der Waals surface area contributed by atoms with Crippen molar-refractivity contribution in [2.24, 2.45) is 0 Å². The van der Waals surface area contributed by atoms with Gasteiger partial charge in [-0.2, -0.15) is 0 Å². The number of hydrogen-bond donors (Lipinski definition) is 0. The van der Waals surface area contributed by atoms with E-state index in [1.165, 1.54) is 33.4 Å². The van der Waals surface area contributed by atoms with Gasteiger partial charge in [0.25, 0.3) is 0 Å². The summed E-state index contributed by atoms with van der Waals surface area (Å²) in [6.45, 7) is 4.50. The molecular formula is C21H20. The standard InChI is InChI=1S/C21H20/c1-14-7-9-16(10-8-14)17-11-12-20-19-6-4-3-5-18(19)15(2)21(20)13-17/h3-9,11-13,15-16H,10H2,1-2H3/t15-,16?/m0/s1. The molecule has 2 aliphatic rings. The molecule has 2 aromatic carbocycles. The minimum atomic E-state index is 0.515. The van der Waals surface area contributed by atoms with Gasteiger partial charge in [0.05, 0.1) is 0 Å². The van der Waals surface area contributed by atoms with Crippen LogP contribution in [0.3, 0.4) is 0 Å². The first kappa shape index (κ1) is 12.6. The van der Waals surface area contributed by atoms with Crippen LogP contribution in [0.25, 0.3) is 11.1 Å². The van der Waals surface area contributed by atoms with E-state index in [9.17, 15) is 0 Å². The molecule has 2 aromatic rings. The van der Waals surface area contributed by atoms with Gasteiger partial charge in [-0.1, -0.05) is 73.2 Å². The van der Waals surface area contributed by atoms with Crippen LogP contribution in [0.5, 0.6) is 0 Å². The highest BCUT2D eigenvalue weighted by Gasteiger charge is 2.25. The zero-order valence-electron chi connectivity index (χ0n) is 12.6. The van der Waals surface area contributed by atoms with Gasteiger partial charge in [-0.15, -0.1) is 0 Å². The molecule has 0 heterocycles. The lowest BCUT2D eigenvalue weighted by atomic mass is 9.87. The molecule has 0 heteroatoms. The van der Waals surface area contributed by atoms with Crippen LogP contribution in [-0.2, 0) is 0 Å². The predicted octanol–water partition coefficient (Wildman–Crippen LogP) is 5.81. The van der Waals surface area contributed by atoms with Gasteiger partial charge in [-0.25, -0.2) is 0 Å². The number of hydrogen-bond acceptors (Lipinski definition) is 0. The van der Waals surface area contributed by atoms with Gasteiger partial charge in [0, 0.05) is 11.8 Å². The summed E-state index contributed by atoms with van der Waals surface area (Å²) < 4.78 is 0. The summed E-state index contributed by atoms with van der Waals surface area (Å²) in [5.41, 5.74) is 8.64. The Balaban J connectivity index is 1.76. The summed E-state index contributed by atoms with van der Waals surface area (Å²) in [5, 5.41) is 0. The van der Waals surface area contributed by atoms with E-state index >= 15 is 0 Å². The molecule has 0 fully saturated rings. The van der Waals surface area contributed by atoms with Gasteiger partial charge < -0.3 is 0 Å². The Morgan fingerprint density at radius 3 is 2.57 bits per heavy atom. The molecule has 0 aromatic heterocycles. The highest BCUT2D eigenvalue weighted by Crippen LogP contribution is 2.45. The summed E-state index contributed by atoms with van der Waals surface area (Å²) in [5.74, 6) is 1.05. The Bertz CT molecular complexity index is 761. The lowest BCUT2D eigenvalue weighted by Gasteiger charge is -2.17. The highest BCUT2D eigenvalue weighted by molar-refractivity contribution is 5.79. The average Bonchev–Trinajstić information content (AvgIpc) is 2.81. The van der Waals surface area contributed by atoms with Crippen LogP contribution in [0, 0.1) is 0 Å². The minimum absolute atomic E-state index is 0.515. The normalized spacial score (nSPS) is 22.7. The summed E-state index contributed by atoms with van der Waals surface area (Å²) in [6, 6.07) is 15.9. The van der Waals surface area contributed by atoms with Crippen molar-refractivity contribution >= 4 is 0 Å². The fraction of sp³-hybridized carbons (Fsp3) is 0.238. The average molecular weight is 272 g/mol. The quantitative estimate of drug-likeness (QED) is 0.614. The molecule has 21 heavy (non-hydrogen) atoms. The first-order valence-corrected chi connectivity index (χ1v) is 7.82. The molecule has 1 unspecified atom stereocenters. The summed E-state index contributed by atoms with van der Waals surface area (Å²) in [4.78, 5) is 0. The van der Waals surface area contributed by atoms with E-state index in [0.29, 0.717) is 11.8 Å². The van der Waals surface area contributed by atoms with Crippen LogP contribution in [0.15, 0.2) is 66.3 Å². The fourth-order valence-electron chi connectivity index (χ4n) is 3.68. The monoisotopic (exact) mass is 272 g/mol. The maximum Gasteiger partial charge on any atom is 0.00734 e. The van der Waals surface area contributed by atoms with E-state index < -0.39 is 0 Å². The fourth-order valence-corrected chi connectivity index (χ4v) is 3.68. The largest absolute Gasteiger partial charge is 0.0807 e. The van der Waals surface area contributed by atoms with Crippen LogP contribution >= 0.6 is 0 Å². The third kappa shape index (κ3) is 1.98. The lowest BCUT2D eigenvalue weighted by molar-refractivity contribution is 0.839. The molecule has 2 atom stereocenters. The van der Waals surface area contributed by atoms with Gasteiger partial charge in [0.2, 0.25) is 0 Å².